The van der Waals surface area contributed by atoms with Gasteiger partial charge < -0.3 is 20.5 Å². The molecule has 0 aliphatic heterocycles. The summed E-state index contributed by atoms with van der Waals surface area (Å²) in [6.07, 6.45) is -2.50. The van der Waals surface area contributed by atoms with Crippen molar-refractivity contribution in [3.05, 3.63) is 42.5 Å². The van der Waals surface area contributed by atoms with E-state index >= 15 is 0 Å². The fourth-order valence-corrected chi connectivity index (χ4v) is 2.08. The van der Waals surface area contributed by atoms with Crippen molar-refractivity contribution in [2.45, 2.75) is 19.7 Å². The molecule has 0 aromatic heterocycles. The first-order chi connectivity index (χ1) is 11.9. The molecular formula is C17H25F3IN3O2. The number of aliphatic imine (C=N–C) groups is 1. The van der Waals surface area contributed by atoms with Crippen LogP contribution >= 0.6 is 24.0 Å². The number of hydrogen-bond acceptors (Lipinski definition) is 3. The predicted octanol–water partition coefficient (Wildman–Crippen LogP) is 3.10. The van der Waals surface area contributed by atoms with E-state index in [9.17, 15) is 18.3 Å². The van der Waals surface area contributed by atoms with E-state index in [1.807, 2.05) is 6.92 Å². The molecule has 0 radical (unpaired) electrons. The summed E-state index contributed by atoms with van der Waals surface area (Å²) >= 11 is 0. The Balaban J connectivity index is 0.00000625. The molecule has 5 nitrogen and oxygen atoms in total. The molecule has 9 heteroatoms. The molecule has 0 fully saturated rings. The van der Waals surface area contributed by atoms with Crippen LogP contribution in [0.25, 0.3) is 0 Å². The van der Waals surface area contributed by atoms with E-state index in [1.54, 1.807) is 18.2 Å². The van der Waals surface area contributed by atoms with Crippen molar-refractivity contribution in [1.82, 2.24) is 10.6 Å². The van der Waals surface area contributed by atoms with Gasteiger partial charge in [-0.25, -0.2) is 0 Å². The van der Waals surface area contributed by atoms with Gasteiger partial charge in [-0.2, -0.15) is 0 Å². The predicted molar refractivity (Wildman–Crippen MR) is 107 cm³/mol. The second-order valence-electron chi connectivity index (χ2n) is 5.33. The minimum Gasteiger partial charge on any atom is -0.406 e. The van der Waals surface area contributed by atoms with Crippen LogP contribution in [0.5, 0.6) is 5.75 Å². The van der Waals surface area contributed by atoms with Gasteiger partial charge in [0.1, 0.15) is 5.75 Å². The summed E-state index contributed by atoms with van der Waals surface area (Å²) < 4.78 is 40.3. The molecule has 1 aromatic rings. The molecule has 0 amide bonds. The van der Waals surface area contributed by atoms with E-state index in [-0.39, 0.29) is 42.3 Å². The Bertz CT molecular complexity index is 551. The number of guanidine groups is 1. The van der Waals surface area contributed by atoms with Gasteiger partial charge in [-0.05, 0) is 31.0 Å². The molecule has 26 heavy (non-hydrogen) atoms. The number of alkyl halides is 3. The summed E-state index contributed by atoms with van der Waals surface area (Å²) in [6.45, 7) is 7.14. The van der Waals surface area contributed by atoms with Crippen LogP contribution in [0.15, 0.2) is 41.9 Å². The van der Waals surface area contributed by atoms with Gasteiger partial charge in [0.05, 0.1) is 0 Å². The highest BCUT2D eigenvalue weighted by Crippen LogP contribution is 2.23. The molecule has 148 valence electrons. The number of nitrogens with zero attached hydrogens (tertiary/aromatic N) is 1. The summed E-state index contributed by atoms with van der Waals surface area (Å²) in [5, 5.41) is 15.6. The Labute approximate surface area is 168 Å². The molecule has 1 rings (SSSR count). The lowest BCUT2D eigenvalue weighted by molar-refractivity contribution is -0.274. The molecular weight excluding hydrogens is 462 g/mol. The van der Waals surface area contributed by atoms with Gasteiger partial charge in [0.2, 0.25) is 0 Å². The number of rotatable bonds is 9. The maximum Gasteiger partial charge on any atom is 0.573 e. The van der Waals surface area contributed by atoms with Gasteiger partial charge in [0.25, 0.3) is 0 Å². The first-order valence-corrected chi connectivity index (χ1v) is 7.96. The third-order valence-corrected chi connectivity index (χ3v) is 3.21. The average molecular weight is 487 g/mol. The van der Waals surface area contributed by atoms with Crippen molar-refractivity contribution in [2.75, 3.05) is 26.2 Å². The molecule has 0 spiro atoms. The van der Waals surface area contributed by atoms with Crippen LogP contribution in [-0.4, -0.2) is 43.7 Å². The van der Waals surface area contributed by atoms with E-state index in [0.717, 1.165) is 5.56 Å². The number of ether oxygens (including phenoxy) is 1. The summed E-state index contributed by atoms with van der Waals surface area (Å²) in [5.41, 5.74) is 0.799. The second-order valence-corrected chi connectivity index (χ2v) is 5.33. The van der Waals surface area contributed by atoms with Gasteiger partial charge >= 0.3 is 6.36 Å². The normalized spacial score (nSPS) is 12.7. The van der Waals surface area contributed by atoms with Gasteiger partial charge in [0.15, 0.2) is 5.96 Å². The molecule has 1 unspecified atom stereocenters. The highest BCUT2D eigenvalue weighted by Gasteiger charge is 2.30. The highest BCUT2D eigenvalue weighted by molar-refractivity contribution is 14.0. The fourth-order valence-electron chi connectivity index (χ4n) is 2.08. The van der Waals surface area contributed by atoms with Crippen molar-refractivity contribution in [1.29, 1.82) is 0 Å². The first kappa shape index (κ1) is 24.5. The largest absolute Gasteiger partial charge is 0.573 e. The fraction of sp³-hybridized carbons (Fsp3) is 0.471. The third-order valence-electron chi connectivity index (χ3n) is 3.21. The molecule has 0 saturated heterocycles. The van der Waals surface area contributed by atoms with Crippen LogP contribution in [0.4, 0.5) is 13.2 Å². The van der Waals surface area contributed by atoms with E-state index in [2.05, 4.69) is 26.9 Å². The van der Waals surface area contributed by atoms with Crippen molar-refractivity contribution in [2.24, 2.45) is 10.9 Å². The van der Waals surface area contributed by atoms with E-state index in [0.29, 0.717) is 32.0 Å². The van der Waals surface area contributed by atoms with Crippen LogP contribution in [0.2, 0.25) is 0 Å². The molecule has 1 aromatic carbocycles. The number of aliphatic hydroxyl groups is 1. The van der Waals surface area contributed by atoms with Gasteiger partial charge in [-0.3, -0.25) is 4.99 Å². The zero-order valence-electron chi connectivity index (χ0n) is 14.6. The van der Waals surface area contributed by atoms with Gasteiger partial charge in [0, 0.05) is 32.2 Å². The lowest BCUT2D eigenvalue weighted by Crippen LogP contribution is -2.37. The maximum absolute atomic E-state index is 12.1. The molecule has 0 bridgehead atoms. The average Bonchev–Trinajstić information content (AvgIpc) is 2.56. The minimum absolute atomic E-state index is 0. The van der Waals surface area contributed by atoms with Gasteiger partial charge in [-0.1, -0.05) is 18.2 Å². The van der Waals surface area contributed by atoms with Crippen molar-refractivity contribution in [3.8, 4) is 5.75 Å². The molecule has 3 N–H and O–H groups in total. The minimum atomic E-state index is -4.70. The van der Waals surface area contributed by atoms with E-state index in [4.69, 9.17) is 0 Å². The first-order valence-electron chi connectivity index (χ1n) is 7.96. The Morgan fingerprint density at radius 2 is 1.96 bits per heavy atom. The summed E-state index contributed by atoms with van der Waals surface area (Å²) in [4.78, 5) is 4.40. The molecule has 1 atom stereocenters. The lowest BCUT2D eigenvalue weighted by Gasteiger charge is -2.15. The van der Waals surface area contributed by atoms with Crippen LogP contribution in [0.1, 0.15) is 12.5 Å². The molecule has 0 aliphatic carbocycles. The zero-order valence-corrected chi connectivity index (χ0v) is 16.9. The van der Waals surface area contributed by atoms with Crippen molar-refractivity contribution >= 4 is 29.9 Å². The summed E-state index contributed by atoms with van der Waals surface area (Å²) in [6, 6.07) is 5.62. The SMILES string of the molecule is C=CCNC(=NCC(CO)Cc1ccc(OC(F)(F)F)cc1)NCC.I. The van der Waals surface area contributed by atoms with Crippen molar-refractivity contribution < 1.29 is 23.0 Å². The van der Waals surface area contributed by atoms with E-state index < -0.39 is 6.36 Å². The van der Waals surface area contributed by atoms with E-state index in [1.165, 1.54) is 12.1 Å². The Morgan fingerprint density at radius 1 is 1.31 bits per heavy atom. The Kier molecular flexibility index (Phi) is 12.1. The van der Waals surface area contributed by atoms with Crippen LogP contribution in [-0.2, 0) is 6.42 Å². The highest BCUT2D eigenvalue weighted by atomic mass is 127. The standard InChI is InChI=1S/C17H24F3N3O2.HI/c1-3-9-22-16(21-4-2)23-11-14(12-24)10-13-5-7-15(8-6-13)25-17(18,19)20;/h3,5-8,14,24H,1,4,9-12H2,2H3,(H2,21,22,23);1H. The van der Waals surface area contributed by atoms with Gasteiger partial charge in [-0.15, -0.1) is 43.7 Å². The quantitative estimate of drug-likeness (QED) is 0.217. The van der Waals surface area contributed by atoms with Crippen LogP contribution < -0.4 is 15.4 Å². The molecule has 0 saturated carbocycles. The third kappa shape index (κ3) is 10.5. The topological polar surface area (TPSA) is 65.9 Å². The maximum atomic E-state index is 12.1. The number of halogens is 4. The van der Waals surface area contributed by atoms with Crippen molar-refractivity contribution in [3.63, 3.8) is 0 Å². The smallest absolute Gasteiger partial charge is 0.406 e. The number of nitrogens with one attached hydrogen (secondary N) is 2. The number of aliphatic hydroxyl groups excluding tert-OH is 1. The molecule has 0 heterocycles. The van der Waals surface area contributed by atoms with Crippen LogP contribution in [0, 0.1) is 5.92 Å². The second kappa shape index (κ2) is 12.8. The lowest BCUT2D eigenvalue weighted by atomic mass is 10.0. The Hall–Kier alpha value is -1.49. The number of benzene rings is 1. The Morgan fingerprint density at radius 3 is 2.46 bits per heavy atom. The summed E-state index contributed by atoms with van der Waals surface area (Å²) in [5.74, 6) is 0.209. The van der Waals surface area contributed by atoms with Crippen LogP contribution in [0.3, 0.4) is 0 Å². The molecule has 0 aliphatic rings. The summed E-state index contributed by atoms with van der Waals surface area (Å²) in [7, 11) is 0. The monoisotopic (exact) mass is 487 g/mol. The number of hydrogen-bond donors (Lipinski definition) is 3. The zero-order chi connectivity index (χ0) is 18.7.